The summed E-state index contributed by atoms with van der Waals surface area (Å²) in [5.41, 5.74) is 1.12. The van der Waals surface area contributed by atoms with Crippen LogP contribution in [0.1, 0.15) is 36.2 Å². The molecule has 2 rings (SSSR count). The number of benzene rings is 2. The monoisotopic (exact) mass is 359 g/mol. The van der Waals surface area contributed by atoms with Gasteiger partial charge in [0, 0.05) is 22.7 Å². The standard InChI is InChI=1S/C20H22ClNO3/c1-14(2)11-12-22-19(23)13-25-18-9-5-16(6-10-18)20(24)15-3-7-17(21)8-4-15/h3-10,14H,11-13H2,1-2H3,(H,22,23). The van der Waals surface area contributed by atoms with Crippen LogP contribution < -0.4 is 10.1 Å². The van der Waals surface area contributed by atoms with Crippen LogP contribution in [0, 0.1) is 5.92 Å². The Hall–Kier alpha value is -2.33. The maximum absolute atomic E-state index is 12.4. The van der Waals surface area contributed by atoms with E-state index in [4.69, 9.17) is 16.3 Å². The van der Waals surface area contributed by atoms with Gasteiger partial charge in [-0.3, -0.25) is 9.59 Å². The highest BCUT2D eigenvalue weighted by molar-refractivity contribution is 6.30. The number of hydrogen-bond donors (Lipinski definition) is 1. The lowest BCUT2D eigenvalue weighted by molar-refractivity contribution is -0.123. The third-order valence-electron chi connectivity index (χ3n) is 3.64. The second-order valence-corrected chi connectivity index (χ2v) is 6.62. The minimum atomic E-state index is -0.151. The number of hydrogen-bond acceptors (Lipinski definition) is 3. The summed E-state index contributed by atoms with van der Waals surface area (Å²) in [4.78, 5) is 24.0. The van der Waals surface area contributed by atoms with E-state index in [-0.39, 0.29) is 18.3 Å². The third-order valence-corrected chi connectivity index (χ3v) is 3.89. The molecule has 0 saturated heterocycles. The summed E-state index contributed by atoms with van der Waals surface area (Å²) in [6.07, 6.45) is 0.938. The molecule has 0 radical (unpaired) electrons. The molecule has 0 aliphatic carbocycles. The lowest BCUT2D eigenvalue weighted by atomic mass is 10.0. The van der Waals surface area contributed by atoms with Gasteiger partial charge < -0.3 is 10.1 Å². The van der Waals surface area contributed by atoms with Crippen molar-refractivity contribution in [1.82, 2.24) is 5.32 Å². The van der Waals surface area contributed by atoms with Gasteiger partial charge >= 0.3 is 0 Å². The molecule has 2 aromatic rings. The quantitative estimate of drug-likeness (QED) is 0.721. The molecule has 0 atom stereocenters. The normalized spacial score (nSPS) is 10.6. The first-order valence-corrected chi connectivity index (χ1v) is 8.63. The molecule has 0 unspecified atom stereocenters. The van der Waals surface area contributed by atoms with Crippen molar-refractivity contribution >= 4 is 23.3 Å². The van der Waals surface area contributed by atoms with Crippen molar-refractivity contribution in [3.05, 3.63) is 64.7 Å². The Morgan fingerprint density at radius 2 is 1.56 bits per heavy atom. The van der Waals surface area contributed by atoms with Gasteiger partial charge in [-0.2, -0.15) is 0 Å². The van der Waals surface area contributed by atoms with E-state index < -0.39 is 0 Å². The zero-order chi connectivity index (χ0) is 18.2. The molecule has 0 fully saturated rings. The highest BCUT2D eigenvalue weighted by Gasteiger charge is 2.09. The van der Waals surface area contributed by atoms with E-state index in [1.54, 1.807) is 48.5 Å². The number of nitrogens with one attached hydrogen (secondary N) is 1. The number of amides is 1. The van der Waals surface area contributed by atoms with Crippen molar-refractivity contribution in [2.75, 3.05) is 13.2 Å². The zero-order valence-electron chi connectivity index (χ0n) is 14.4. The number of ether oxygens (including phenoxy) is 1. The van der Waals surface area contributed by atoms with E-state index in [2.05, 4.69) is 19.2 Å². The third kappa shape index (κ3) is 6.24. The van der Waals surface area contributed by atoms with Gasteiger partial charge in [-0.15, -0.1) is 0 Å². The summed E-state index contributed by atoms with van der Waals surface area (Å²) in [5.74, 6) is 0.857. The van der Waals surface area contributed by atoms with Crippen molar-refractivity contribution < 1.29 is 14.3 Å². The smallest absolute Gasteiger partial charge is 0.257 e. The molecule has 2 aromatic carbocycles. The predicted molar refractivity (Wildman–Crippen MR) is 99.3 cm³/mol. The summed E-state index contributed by atoms with van der Waals surface area (Å²) >= 11 is 5.83. The average molecular weight is 360 g/mol. The largest absolute Gasteiger partial charge is 0.484 e. The van der Waals surface area contributed by atoms with E-state index in [1.165, 1.54) is 0 Å². The van der Waals surface area contributed by atoms with Gasteiger partial charge in [-0.05, 0) is 60.9 Å². The number of carbonyl (C=O) groups is 2. The fourth-order valence-corrected chi connectivity index (χ4v) is 2.30. The maximum Gasteiger partial charge on any atom is 0.257 e. The Balaban J connectivity index is 1.86. The summed E-state index contributed by atoms with van der Waals surface area (Å²) in [6.45, 7) is 4.82. The summed E-state index contributed by atoms with van der Waals surface area (Å²) in [6, 6.07) is 13.5. The first-order valence-electron chi connectivity index (χ1n) is 8.25. The molecule has 0 spiro atoms. The SMILES string of the molecule is CC(C)CCNC(=O)COc1ccc(C(=O)c2ccc(Cl)cc2)cc1. The van der Waals surface area contributed by atoms with Crippen molar-refractivity contribution in [2.24, 2.45) is 5.92 Å². The summed E-state index contributed by atoms with van der Waals surface area (Å²) in [7, 11) is 0. The predicted octanol–water partition coefficient (Wildman–Crippen LogP) is 4.11. The van der Waals surface area contributed by atoms with Gasteiger partial charge in [0.25, 0.3) is 5.91 Å². The zero-order valence-corrected chi connectivity index (χ0v) is 15.2. The molecule has 5 heteroatoms. The Morgan fingerprint density at radius 1 is 1.00 bits per heavy atom. The van der Waals surface area contributed by atoms with E-state index in [0.717, 1.165) is 6.42 Å². The number of rotatable bonds is 8. The fraction of sp³-hybridized carbons (Fsp3) is 0.300. The van der Waals surface area contributed by atoms with Gasteiger partial charge in [0.15, 0.2) is 12.4 Å². The van der Waals surface area contributed by atoms with Crippen LogP contribution >= 0.6 is 11.6 Å². The molecule has 25 heavy (non-hydrogen) atoms. The second kappa shape index (κ2) is 9.23. The fourth-order valence-electron chi connectivity index (χ4n) is 2.17. The van der Waals surface area contributed by atoms with Gasteiger partial charge in [0.05, 0.1) is 0 Å². The van der Waals surface area contributed by atoms with Gasteiger partial charge in [-0.25, -0.2) is 0 Å². The first kappa shape index (κ1) is 19.0. The molecule has 0 heterocycles. The minimum absolute atomic E-state index is 0.0391. The molecule has 1 N–H and O–H groups in total. The number of halogens is 1. The molecule has 4 nitrogen and oxygen atoms in total. The molecule has 0 bridgehead atoms. The van der Waals surface area contributed by atoms with Crippen molar-refractivity contribution in [3.8, 4) is 5.75 Å². The average Bonchev–Trinajstić information content (AvgIpc) is 2.60. The molecule has 0 aliphatic rings. The van der Waals surface area contributed by atoms with Crippen LogP contribution in [0.4, 0.5) is 0 Å². The minimum Gasteiger partial charge on any atom is -0.484 e. The topological polar surface area (TPSA) is 55.4 Å². The maximum atomic E-state index is 12.4. The number of carbonyl (C=O) groups excluding carboxylic acids is 2. The molecule has 0 saturated carbocycles. The van der Waals surface area contributed by atoms with Crippen molar-refractivity contribution in [2.45, 2.75) is 20.3 Å². The van der Waals surface area contributed by atoms with Gasteiger partial charge in [0.1, 0.15) is 5.75 Å². The van der Waals surface area contributed by atoms with E-state index >= 15 is 0 Å². The highest BCUT2D eigenvalue weighted by atomic mass is 35.5. The van der Waals surface area contributed by atoms with E-state index in [9.17, 15) is 9.59 Å². The Morgan fingerprint density at radius 3 is 2.12 bits per heavy atom. The highest BCUT2D eigenvalue weighted by Crippen LogP contribution is 2.17. The molecule has 132 valence electrons. The van der Waals surface area contributed by atoms with Gasteiger partial charge in [-0.1, -0.05) is 25.4 Å². The Bertz CT molecular complexity index is 709. The molecule has 1 amide bonds. The van der Waals surface area contributed by atoms with Crippen molar-refractivity contribution in [3.63, 3.8) is 0 Å². The summed E-state index contributed by atoms with van der Waals surface area (Å²) < 4.78 is 5.44. The van der Waals surface area contributed by atoms with Crippen LogP contribution in [0.25, 0.3) is 0 Å². The molecular weight excluding hydrogens is 338 g/mol. The van der Waals surface area contributed by atoms with Crippen LogP contribution in [0.15, 0.2) is 48.5 Å². The lowest BCUT2D eigenvalue weighted by Crippen LogP contribution is -2.30. The van der Waals surface area contributed by atoms with Crippen LogP contribution in [0.2, 0.25) is 5.02 Å². The summed E-state index contributed by atoms with van der Waals surface area (Å²) in [5, 5.41) is 3.40. The van der Waals surface area contributed by atoms with Crippen LogP contribution in [-0.2, 0) is 4.79 Å². The van der Waals surface area contributed by atoms with Crippen LogP contribution in [-0.4, -0.2) is 24.8 Å². The Kier molecular flexibility index (Phi) is 7.02. The number of ketones is 1. The Labute approximate surface area is 153 Å². The van der Waals surface area contributed by atoms with Crippen LogP contribution in [0.3, 0.4) is 0 Å². The lowest BCUT2D eigenvalue weighted by Gasteiger charge is -2.09. The second-order valence-electron chi connectivity index (χ2n) is 6.18. The van der Waals surface area contributed by atoms with E-state index in [1.807, 2.05) is 0 Å². The van der Waals surface area contributed by atoms with Crippen molar-refractivity contribution in [1.29, 1.82) is 0 Å². The van der Waals surface area contributed by atoms with Crippen LogP contribution in [0.5, 0.6) is 5.75 Å². The van der Waals surface area contributed by atoms with Gasteiger partial charge in [0.2, 0.25) is 0 Å². The molecule has 0 aromatic heterocycles. The first-order chi connectivity index (χ1) is 12.0. The van der Waals surface area contributed by atoms with E-state index in [0.29, 0.717) is 34.4 Å². The molecule has 0 aliphatic heterocycles. The molecular formula is C20H22ClNO3.